The van der Waals surface area contributed by atoms with Gasteiger partial charge in [-0.3, -0.25) is 0 Å². The lowest BCUT2D eigenvalue weighted by molar-refractivity contribution is 0.247. The lowest BCUT2D eigenvalue weighted by Crippen LogP contribution is -2.38. The molecule has 0 radical (unpaired) electrons. The third-order valence-electron chi connectivity index (χ3n) is 3.93. The number of piperidine rings is 1. The van der Waals surface area contributed by atoms with Crippen molar-refractivity contribution in [3.63, 3.8) is 0 Å². The molecule has 1 aliphatic heterocycles. The van der Waals surface area contributed by atoms with Crippen molar-refractivity contribution in [2.24, 2.45) is 5.92 Å². The third-order valence-corrected chi connectivity index (χ3v) is 4.26. The first-order valence-electron chi connectivity index (χ1n) is 6.08. The van der Waals surface area contributed by atoms with Crippen molar-refractivity contribution in [3.05, 3.63) is 34.9 Å². The lowest BCUT2D eigenvalue weighted by atomic mass is 9.69. The molecule has 2 rings (SSSR count). The van der Waals surface area contributed by atoms with Gasteiger partial charge >= 0.3 is 0 Å². The molecule has 1 aromatic carbocycles. The molecular formula is C14H20ClN. The quantitative estimate of drug-likeness (QED) is 0.829. The van der Waals surface area contributed by atoms with Crippen LogP contribution >= 0.6 is 11.6 Å². The molecule has 0 spiro atoms. The maximum Gasteiger partial charge on any atom is 0.0443 e. The summed E-state index contributed by atoms with van der Waals surface area (Å²) in [6.45, 7) is 6.92. The normalized spacial score (nSPS) is 18.7. The van der Waals surface area contributed by atoms with Gasteiger partial charge in [-0.1, -0.05) is 43.6 Å². The molecule has 1 N–H and O–H groups in total. The molecule has 0 aliphatic carbocycles. The zero-order valence-corrected chi connectivity index (χ0v) is 10.8. The minimum Gasteiger partial charge on any atom is -0.317 e. The maximum atomic E-state index is 6.31. The molecule has 1 heterocycles. The minimum absolute atomic E-state index is 0.181. The Morgan fingerprint density at radius 1 is 1.19 bits per heavy atom. The second-order valence-corrected chi connectivity index (χ2v) is 5.63. The van der Waals surface area contributed by atoms with E-state index in [9.17, 15) is 0 Å². The van der Waals surface area contributed by atoms with E-state index in [0.29, 0.717) is 0 Å². The maximum absolute atomic E-state index is 6.31. The molecule has 1 aromatic rings. The Balaban J connectivity index is 2.26. The summed E-state index contributed by atoms with van der Waals surface area (Å²) in [7, 11) is 0. The summed E-state index contributed by atoms with van der Waals surface area (Å²) in [6, 6.07) is 8.26. The molecule has 2 heteroatoms. The molecule has 1 nitrogen and oxygen atoms in total. The Hall–Kier alpha value is -0.530. The zero-order chi connectivity index (χ0) is 11.6. The molecule has 1 aliphatic rings. The molecule has 1 saturated heterocycles. The first-order chi connectivity index (χ1) is 7.62. The van der Waals surface area contributed by atoms with E-state index in [4.69, 9.17) is 11.6 Å². The highest BCUT2D eigenvalue weighted by Crippen LogP contribution is 2.39. The number of halogens is 1. The highest BCUT2D eigenvalue weighted by molar-refractivity contribution is 6.31. The van der Waals surface area contributed by atoms with E-state index in [0.717, 1.165) is 24.0 Å². The van der Waals surface area contributed by atoms with E-state index < -0.39 is 0 Å². The topological polar surface area (TPSA) is 12.0 Å². The van der Waals surface area contributed by atoms with Gasteiger partial charge in [0.25, 0.3) is 0 Å². The van der Waals surface area contributed by atoms with Crippen molar-refractivity contribution >= 4 is 11.6 Å². The zero-order valence-electron chi connectivity index (χ0n) is 10.1. The van der Waals surface area contributed by atoms with Crippen LogP contribution in [-0.2, 0) is 5.41 Å². The SMILES string of the molecule is CC(C)(c1ccccc1Cl)C1CCNCC1. The van der Waals surface area contributed by atoms with E-state index in [1.54, 1.807) is 0 Å². The van der Waals surface area contributed by atoms with Crippen LogP contribution in [0.1, 0.15) is 32.3 Å². The Kier molecular flexibility index (Phi) is 3.56. The van der Waals surface area contributed by atoms with Gasteiger partial charge < -0.3 is 5.32 Å². The van der Waals surface area contributed by atoms with Gasteiger partial charge in [-0.05, 0) is 48.9 Å². The molecule has 0 unspecified atom stereocenters. The third kappa shape index (κ3) is 2.26. The molecule has 0 aromatic heterocycles. The van der Waals surface area contributed by atoms with Gasteiger partial charge in [-0.25, -0.2) is 0 Å². The molecular weight excluding hydrogens is 218 g/mol. The number of hydrogen-bond donors (Lipinski definition) is 1. The molecule has 88 valence electrons. The van der Waals surface area contributed by atoms with Gasteiger partial charge in [0.15, 0.2) is 0 Å². The van der Waals surface area contributed by atoms with Crippen molar-refractivity contribution in [2.45, 2.75) is 32.1 Å². The van der Waals surface area contributed by atoms with Crippen molar-refractivity contribution in [1.29, 1.82) is 0 Å². The van der Waals surface area contributed by atoms with Crippen LogP contribution < -0.4 is 5.32 Å². The first-order valence-corrected chi connectivity index (χ1v) is 6.46. The fourth-order valence-corrected chi connectivity index (χ4v) is 3.13. The van der Waals surface area contributed by atoms with Crippen LogP contribution in [0.5, 0.6) is 0 Å². The highest BCUT2D eigenvalue weighted by atomic mass is 35.5. The second-order valence-electron chi connectivity index (χ2n) is 5.23. The number of rotatable bonds is 2. The monoisotopic (exact) mass is 237 g/mol. The summed E-state index contributed by atoms with van der Waals surface area (Å²) in [6.07, 6.45) is 2.50. The van der Waals surface area contributed by atoms with E-state index in [-0.39, 0.29) is 5.41 Å². The van der Waals surface area contributed by atoms with Crippen LogP contribution in [0.25, 0.3) is 0 Å². The first kappa shape index (κ1) is 11.9. The number of hydrogen-bond acceptors (Lipinski definition) is 1. The van der Waals surface area contributed by atoms with Crippen LogP contribution in [-0.4, -0.2) is 13.1 Å². The Morgan fingerprint density at radius 3 is 2.44 bits per heavy atom. The van der Waals surface area contributed by atoms with Gasteiger partial charge in [0.1, 0.15) is 0 Å². The average molecular weight is 238 g/mol. The van der Waals surface area contributed by atoms with E-state index in [1.807, 2.05) is 12.1 Å². The van der Waals surface area contributed by atoms with Crippen LogP contribution in [0.2, 0.25) is 5.02 Å². The average Bonchev–Trinajstić information content (AvgIpc) is 2.30. The van der Waals surface area contributed by atoms with Crippen molar-refractivity contribution < 1.29 is 0 Å². The Labute approximate surface area is 103 Å². The summed E-state index contributed by atoms with van der Waals surface area (Å²) in [5, 5.41) is 4.33. The fourth-order valence-electron chi connectivity index (χ4n) is 2.75. The van der Waals surface area contributed by atoms with Gasteiger partial charge in [0.2, 0.25) is 0 Å². The van der Waals surface area contributed by atoms with Crippen molar-refractivity contribution in [2.75, 3.05) is 13.1 Å². The molecule has 16 heavy (non-hydrogen) atoms. The molecule has 0 bridgehead atoms. The summed E-state index contributed by atoms with van der Waals surface area (Å²) >= 11 is 6.31. The lowest BCUT2D eigenvalue weighted by Gasteiger charge is -2.38. The second kappa shape index (κ2) is 4.77. The van der Waals surface area contributed by atoms with Gasteiger partial charge in [-0.2, -0.15) is 0 Å². The van der Waals surface area contributed by atoms with Crippen molar-refractivity contribution in [3.8, 4) is 0 Å². The number of benzene rings is 1. The minimum atomic E-state index is 0.181. The Morgan fingerprint density at radius 2 is 1.81 bits per heavy atom. The smallest absolute Gasteiger partial charge is 0.0443 e. The summed E-state index contributed by atoms with van der Waals surface area (Å²) in [4.78, 5) is 0. The van der Waals surface area contributed by atoms with Crippen LogP contribution in [0.3, 0.4) is 0 Å². The fraction of sp³-hybridized carbons (Fsp3) is 0.571. The predicted molar refractivity (Wildman–Crippen MR) is 70.1 cm³/mol. The van der Waals surface area contributed by atoms with Crippen LogP contribution in [0.15, 0.2) is 24.3 Å². The van der Waals surface area contributed by atoms with E-state index in [2.05, 4.69) is 31.3 Å². The summed E-state index contributed by atoms with van der Waals surface area (Å²) < 4.78 is 0. The molecule has 1 fully saturated rings. The summed E-state index contributed by atoms with van der Waals surface area (Å²) in [5.41, 5.74) is 1.48. The standard InChI is InChI=1S/C14H20ClN/c1-14(2,11-7-9-16-10-8-11)12-5-3-4-6-13(12)15/h3-6,11,16H,7-10H2,1-2H3. The number of nitrogens with one attached hydrogen (secondary N) is 1. The largest absolute Gasteiger partial charge is 0.317 e. The molecule has 0 amide bonds. The molecule has 0 atom stereocenters. The molecule has 0 saturated carbocycles. The van der Waals surface area contributed by atoms with E-state index in [1.165, 1.54) is 18.4 Å². The highest BCUT2D eigenvalue weighted by Gasteiger charge is 2.33. The van der Waals surface area contributed by atoms with Gasteiger partial charge in [0, 0.05) is 5.02 Å². The van der Waals surface area contributed by atoms with Crippen molar-refractivity contribution in [1.82, 2.24) is 5.32 Å². The van der Waals surface area contributed by atoms with Gasteiger partial charge in [0.05, 0.1) is 0 Å². The van der Waals surface area contributed by atoms with Crippen LogP contribution in [0, 0.1) is 5.92 Å². The summed E-state index contributed by atoms with van der Waals surface area (Å²) in [5.74, 6) is 0.730. The predicted octanol–water partition coefficient (Wildman–Crippen LogP) is 3.62. The van der Waals surface area contributed by atoms with Crippen LogP contribution in [0.4, 0.5) is 0 Å². The van der Waals surface area contributed by atoms with Gasteiger partial charge in [-0.15, -0.1) is 0 Å². The van der Waals surface area contributed by atoms with E-state index >= 15 is 0 Å². The Bertz CT molecular complexity index is 354.